The summed E-state index contributed by atoms with van der Waals surface area (Å²) < 4.78 is 0. The van der Waals surface area contributed by atoms with Gasteiger partial charge in [-0.05, 0) is 37.5 Å². The van der Waals surface area contributed by atoms with Crippen LogP contribution >= 0.6 is 0 Å². The summed E-state index contributed by atoms with van der Waals surface area (Å²) in [6.45, 7) is 4.40. The zero-order valence-corrected chi connectivity index (χ0v) is 10.0. The van der Waals surface area contributed by atoms with E-state index in [1.807, 2.05) is 19.9 Å². The second kappa shape index (κ2) is 4.37. The number of hydrogen-bond donors (Lipinski definition) is 3. The van der Waals surface area contributed by atoms with Crippen molar-refractivity contribution in [2.75, 3.05) is 6.54 Å². The molecule has 1 aliphatic heterocycles. The molecule has 0 saturated carbocycles. The Morgan fingerprint density at radius 3 is 2.59 bits per heavy atom. The van der Waals surface area contributed by atoms with Crippen LogP contribution in [0.1, 0.15) is 29.2 Å². The highest BCUT2D eigenvalue weighted by Crippen LogP contribution is 2.34. The van der Waals surface area contributed by atoms with E-state index >= 15 is 0 Å². The molecule has 2 atom stereocenters. The van der Waals surface area contributed by atoms with Crippen LogP contribution in [0.25, 0.3) is 0 Å². The van der Waals surface area contributed by atoms with Gasteiger partial charge in [0, 0.05) is 18.2 Å². The predicted octanol–water partition coefficient (Wildman–Crippen LogP) is 1.74. The molecule has 1 saturated heterocycles. The van der Waals surface area contributed by atoms with Crippen LogP contribution in [-0.2, 0) is 4.79 Å². The van der Waals surface area contributed by atoms with E-state index in [0.717, 1.165) is 16.7 Å². The van der Waals surface area contributed by atoms with Crippen LogP contribution < -0.4 is 5.32 Å². The molecule has 0 aromatic heterocycles. The van der Waals surface area contributed by atoms with Gasteiger partial charge in [-0.1, -0.05) is 6.07 Å². The monoisotopic (exact) mass is 235 g/mol. The summed E-state index contributed by atoms with van der Waals surface area (Å²) in [5.41, 5.74) is 2.95. The van der Waals surface area contributed by atoms with Gasteiger partial charge in [0.2, 0.25) is 0 Å². The van der Waals surface area contributed by atoms with Gasteiger partial charge in [-0.15, -0.1) is 0 Å². The Bertz CT molecular complexity index is 456. The minimum Gasteiger partial charge on any atom is -0.508 e. The van der Waals surface area contributed by atoms with Crippen molar-refractivity contribution in [3.05, 3.63) is 28.8 Å². The van der Waals surface area contributed by atoms with Crippen LogP contribution in [0.3, 0.4) is 0 Å². The molecular weight excluding hydrogens is 218 g/mol. The summed E-state index contributed by atoms with van der Waals surface area (Å²) in [6, 6.07) is 3.61. The number of phenolic OH excluding ortho intramolecular Hbond substituents is 1. The molecule has 2 rings (SSSR count). The third-order valence-electron chi connectivity index (χ3n) is 3.50. The van der Waals surface area contributed by atoms with Gasteiger partial charge < -0.3 is 15.5 Å². The second-order valence-electron chi connectivity index (χ2n) is 4.73. The molecule has 4 heteroatoms. The lowest BCUT2D eigenvalue weighted by Gasteiger charge is -2.14. The number of phenols is 1. The number of carboxylic acid groups (broad SMARTS) is 1. The number of carboxylic acids is 1. The molecule has 1 fully saturated rings. The normalized spacial score (nSPS) is 23.9. The first-order chi connectivity index (χ1) is 7.99. The summed E-state index contributed by atoms with van der Waals surface area (Å²) in [5.74, 6) is -0.888. The summed E-state index contributed by atoms with van der Waals surface area (Å²) in [5, 5.41) is 22.0. The molecule has 1 aromatic rings. The number of aryl methyl sites for hydroxylation is 2. The average Bonchev–Trinajstić information content (AvgIpc) is 2.72. The first kappa shape index (κ1) is 11.9. The minimum absolute atomic E-state index is 0.0598. The van der Waals surface area contributed by atoms with E-state index < -0.39 is 5.97 Å². The molecule has 2 unspecified atom stereocenters. The Labute approximate surface area is 100 Å². The first-order valence-corrected chi connectivity index (χ1v) is 5.75. The number of rotatable bonds is 2. The third kappa shape index (κ3) is 2.26. The van der Waals surface area contributed by atoms with Crippen LogP contribution in [0.4, 0.5) is 0 Å². The highest BCUT2D eigenvalue weighted by atomic mass is 16.4. The second-order valence-corrected chi connectivity index (χ2v) is 4.73. The van der Waals surface area contributed by atoms with E-state index in [0.29, 0.717) is 13.0 Å². The summed E-state index contributed by atoms with van der Waals surface area (Å²) in [4.78, 5) is 10.9. The summed E-state index contributed by atoms with van der Waals surface area (Å²) in [6.07, 6.45) is 0.533. The van der Waals surface area contributed by atoms with E-state index in [1.54, 1.807) is 6.07 Å². The standard InChI is InChI=1S/C13H17NO3/c1-7-3-10(12(15)4-8(7)2)11-5-9(6-14-11)13(16)17/h3-4,9,11,14-15H,5-6H2,1-2H3,(H,16,17). The Morgan fingerprint density at radius 1 is 1.35 bits per heavy atom. The van der Waals surface area contributed by atoms with Crippen LogP contribution in [0.2, 0.25) is 0 Å². The van der Waals surface area contributed by atoms with Crippen molar-refractivity contribution >= 4 is 5.97 Å². The van der Waals surface area contributed by atoms with Gasteiger partial charge in [0.15, 0.2) is 0 Å². The Morgan fingerprint density at radius 2 is 2.00 bits per heavy atom. The molecule has 0 spiro atoms. The van der Waals surface area contributed by atoms with E-state index in [2.05, 4.69) is 5.32 Å². The molecule has 0 bridgehead atoms. The van der Waals surface area contributed by atoms with Crippen LogP contribution in [0.15, 0.2) is 12.1 Å². The molecular formula is C13H17NO3. The number of aromatic hydroxyl groups is 1. The topological polar surface area (TPSA) is 69.6 Å². The SMILES string of the molecule is Cc1cc(O)c(C2CC(C(=O)O)CN2)cc1C. The maximum atomic E-state index is 10.9. The molecule has 3 N–H and O–H groups in total. The number of carbonyl (C=O) groups is 1. The Balaban J connectivity index is 2.24. The van der Waals surface area contributed by atoms with Crippen LogP contribution in [0.5, 0.6) is 5.75 Å². The summed E-state index contributed by atoms with van der Waals surface area (Å²) in [7, 11) is 0. The highest BCUT2D eigenvalue weighted by Gasteiger charge is 2.31. The molecule has 0 amide bonds. The van der Waals surface area contributed by atoms with Gasteiger partial charge in [0.1, 0.15) is 5.75 Å². The van der Waals surface area contributed by atoms with Gasteiger partial charge in [-0.25, -0.2) is 0 Å². The van der Waals surface area contributed by atoms with Crippen molar-refractivity contribution in [3.63, 3.8) is 0 Å². The molecule has 0 radical (unpaired) electrons. The van der Waals surface area contributed by atoms with E-state index in [1.165, 1.54) is 0 Å². The third-order valence-corrected chi connectivity index (χ3v) is 3.50. The zero-order valence-electron chi connectivity index (χ0n) is 10.0. The molecule has 0 aliphatic carbocycles. The fourth-order valence-corrected chi connectivity index (χ4v) is 2.26. The van der Waals surface area contributed by atoms with Crippen molar-refractivity contribution in [2.24, 2.45) is 5.92 Å². The molecule has 1 aromatic carbocycles. The van der Waals surface area contributed by atoms with Crippen LogP contribution in [0, 0.1) is 19.8 Å². The van der Waals surface area contributed by atoms with Gasteiger partial charge in [0.25, 0.3) is 0 Å². The fraction of sp³-hybridized carbons (Fsp3) is 0.462. The zero-order chi connectivity index (χ0) is 12.6. The smallest absolute Gasteiger partial charge is 0.307 e. The van der Waals surface area contributed by atoms with Crippen molar-refractivity contribution in [2.45, 2.75) is 26.3 Å². The number of aliphatic carboxylic acids is 1. The maximum Gasteiger partial charge on any atom is 0.307 e. The fourth-order valence-electron chi connectivity index (χ4n) is 2.26. The minimum atomic E-state index is -0.775. The largest absolute Gasteiger partial charge is 0.508 e. The Hall–Kier alpha value is -1.55. The Kier molecular flexibility index (Phi) is 3.07. The predicted molar refractivity (Wildman–Crippen MR) is 64.1 cm³/mol. The lowest BCUT2D eigenvalue weighted by Crippen LogP contribution is -2.17. The lowest BCUT2D eigenvalue weighted by molar-refractivity contribution is -0.141. The van der Waals surface area contributed by atoms with Crippen molar-refractivity contribution in [1.82, 2.24) is 5.32 Å². The molecule has 1 aliphatic rings. The van der Waals surface area contributed by atoms with E-state index in [4.69, 9.17) is 5.11 Å². The molecule has 17 heavy (non-hydrogen) atoms. The summed E-state index contributed by atoms with van der Waals surface area (Å²) >= 11 is 0. The van der Waals surface area contributed by atoms with E-state index in [-0.39, 0.29) is 17.7 Å². The highest BCUT2D eigenvalue weighted by molar-refractivity contribution is 5.71. The van der Waals surface area contributed by atoms with Gasteiger partial charge >= 0.3 is 5.97 Å². The van der Waals surface area contributed by atoms with E-state index in [9.17, 15) is 9.90 Å². The maximum absolute atomic E-state index is 10.9. The number of hydrogen-bond acceptors (Lipinski definition) is 3. The first-order valence-electron chi connectivity index (χ1n) is 5.75. The quantitative estimate of drug-likeness (QED) is 0.730. The van der Waals surface area contributed by atoms with Gasteiger partial charge in [-0.3, -0.25) is 4.79 Å². The molecule has 92 valence electrons. The number of benzene rings is 1. The van der Waals surface area contributed by atoms with Crippen molar-refractivity contribution in [1.29, 1.82) is 0 Å². The molecule has 4 nitrogen and oxygen atoms in total. The lowest BCUT2D eigenvalue weighted by atomic mass is 9.96. The van der Waals surface area contributed by atoms with Crippen molar-refractivity contribution < 1.29 is 15.0 Å². The molecule has 1 heterocycles. The van der Waals surface area contributed by atoms with Gasteiger partial charge in [-0.2, -0.15) is 0 Å². The number of nitrogens with one attached hydrogen (secondary N) is 1. The van der Waals surface area contributed by atoms with Crippen molar-refractivity contribution in [3.8, 4) is 5.75 Å². The van der Waals surface area contributed by atoms with Crippen LogP contribution in [-0.4, -0.2) is 22.7 Å². The van der Waals surface area contributed by atoms with Gasteiger partial charge in [0.05, 0.1) is 5.92 Å². The average molecular weight is 235 g/mol.